The third kappa shape index (κ3) is 5.08. The molecule has 0 aliphatic carbocycles. The average molecular weight is 427 g/mol. The van der Waals surface area contributed by atoms with Gasteiger partial charge in [-0.25, -0.2) is 4.98 Å². The summed E-state index contributed by atoms with van der Waals surface area (Å²) >= 11 is 0. The second kappa shape index (κ2) is 10.2. The van der Waals surface area contributed by atoms with E-state index in [4.69, 9.17) is 19.2 Å². The van der Waals surface area contributed by atoms with E-state index in [2.05, 4.69) is 34.9 Å². The Labute approximate surface area is 182 Å². The third-order valence-corrected chi connectivity index (χ3v) is 5.07. The Hall–Kier alpha value is -3.26. The molecule has 0 unspecified atom stereocenters. The van der Waals surface area contributed by atoms with E-state index < -0.39 is 0 Å². The first kappa shape index (κ1) is 22.4. The van der Waals surface area contributed by atoms with Crippen LogP contribution in [0.25, 0.3) is 11.0 Å². The number of nitrogens with one attached hydrogen (secondary N) is 1. The number of benzene rings is 2. The molecule has 3 aromatic rings. The lowest BCUT2D eigenvalue weighted by atomic mass is 10.1. The van der Waals surface area contributed by atoms with Crippen molar-refractivity contribution >= 4 is 16.9 Å². The minimum Gasteiger partial charge on any atom is -0.493 e. The molecule has 8 heteroatoms. The van der Waals surface area contributed by atoms with E-state index in [-0.39, 0.29) is 5.91 Å². The van der Waals surface area contributed by atoms with Gasteiger partial charge in [0.05, 0.1) is 32.4 Å². The summed E-state index contributed by atoms with van der Waals surface area (Å²) in [6.45, 7) is 2.20. The van der Waals surface area contributed by atoms with Gasteiger partial charge in [0.1, 0.15) is 5.82 Å². The first-order valence-corrected chi connectivity index (χ1v) is 10.2. The molecule has 0 saturated heterocycles. The zero-order valence-corrected chi connectivity index (χ0v) is 18.8. The molecule has 1 amide bonds. The van der Waals surface area contributed by atoms with Crippen molar-refractivity contribution in [1.82, 2.24) is 19.8 Å². The van der Waals surface area contributed by atoms with Crippen molar-refractivity contribution in [2.24, 2.45) is 0 Å². The summed E-state index contributed by atoms with van der Waals surface area (Å²) in [5, 5.41) is 2.97. The molecule has 0 radical (unpaired) electrons. The van der Waals surface area contributed by atoms with Crippen LogP contribution >= 0.6 is 0 Å². The highest BCUT2D eigenvalue weighted by Crippen LogP contribution is 2.38. The summed E-state index contributed by atoms with van der Waals surface area (Å²) in [7, 11) is 8.68. The second-order valence-corrected chi connectivity index (χ2v) is 7.39. The first-order valence-electron chi connectivity index (χ1n) is 10.2. The second-order valence-electron chi connectivity index (χ2n) is 7.39. The van der Waals surface area contributed by atoms with Crippen LogP contribution in [-0.2, 0) is 13.0 Å². The summed E-state index contributed by atoms with van der Waals surface area (Å²) in [5.74, 6) is 2.08. The zero-order valence-electron chi connectivity index (χ0n) is 18.8. The van der Waals surface area contributed by atoms with Crippen LogP contribution in [0, 0.1) is 0 Å². The third-order valence-electron chi connectivity index (χ3n) is 5.07. The number of hydrogen-bond acceptors (Lipinski definition) is 6. The van der Waals surface area contributed by atoms with Gasteiger partial charge in [-0.2, -0.15) is 0 Å². The number of fused-ring (bicyclic) bond motifs is 1. The van der Waals surface area contributed by atoms with Gasteiger partial charge >= 0.3 is 0 Å². The van der Waals surface area contributed by atoms with Gasteiger partial charge in [-0.05, 0) is 38.4 Å². The van der Waals surface area contributed by atoms with Gasteiger partial charge in [-0.3, -0.25) is 4.79 Å². The maximum absolute atomic E-state index is 12.7. The van der Waals surface area contributed by atoms with Gasteiger partial charge < -0.3 is 29.0 Å². The van der Waals surface area contributed by atoms with Crippen molar-refractivity contribution < 1.29 is 19.0 Å². The normalized spacial score (nSPS) is 11.0. The Bertz CT molecular complexity index is 1020. The number of imidazole rings is 1. The van der Waals surface area contributed by atoms with Gasteiger partial charge in [0.25, 0.3) is 5.91 Å². The molecular weight excluding hydrogens is 396 g/mol. The van der Waals surface area contributed by atoms with Crippen LogP contribution in [-0.4, -0.2) is 68.9 Å². The van der Waals surface area contributed by atoms with Crippen molar-refractivity contribution in [1.29, 1.82) is 0 Å². The monoisotopic (exact) mass is 426 g/mol. The minimum absolute atomic E-state index is 0.213. The maximum atomic E-state index is 12.7. The van der Waals surface area contributed by atoms with Crippen molar-refractivity contribution in [3.63, 3.8) is 0 Å². The lowest BCUT2D eigenvalue weighted by Gasteiger charge is -2.15. The number of para-hydroxylation sites is 2. The fourth-order valence-electron chi connectivity index (χ4n) is 3.47. The maximum Gasteiger partial charge on any atom is 0.251 e. The van der Waals surface area contributed by atoms with E-state index in [9.17, 15) is 4.79 Å². The number of carbonyl (C=O) groups excluding carboxylic acids is 1. The summed E-state index contributed by atoms with van der Waals surface area (Å²) in [5.41, 5.74) is 2.51. The SMILES string of the molecule is COc1cc(C(=O)NCCc2nc3ccccc3n2CCN(C)C)cc(OC)c1OC. The van der Waals surface area contributed by atoms with Crippen LogP contribution in [0.5, 0.6) is 17.2 Å². The highest BCUT2D eigenvalue weighted by atomic mass is 16.5. The van der Waals surface area contributed by atoms with Gasteiger partial charge in [0, 0.05) is 31.6 Å². The summed E-state index contributed by atoms with van der Waals surface area (Å²) < 4.78 is 18.2. The Morgan fingerprint density at radius 2 is 1.74 bits per heavy atom. The van der Waals surface area contributed by atoms with Gasteiger partial charge in [-0.1, -0.05) is 12.1 Å². The number of nitrogens with zero attached hydrogens (tertiary/aromatic N) is 3. The molecule has 8 nitrogen and oxygen atoms in total. The zero-order chi connectivity index (χ0) is 22.4. The minimum atomic E-state index is -0.213. The molecule has 0 fully saturated rings. The highest BCUT2D eigenvalue weighted by Gasteiger charge is 2.17. The molecule has 0 aliphatic heterocycles. The molecule has 0 spiro atoms. The van der Waals surface area contributed by atoms with Crippen molar-refractivity contribution in [2.45, 2.75) is 13.0 Å². The number of aromatic nitrogens is 2. The number of rotatable bonds is 10. The molecule has 0 atom stereocenters. The highest BCUT2D eigenvalue weighted by molar-refractivity contribution is 5.95. The Morgan fingerprint density at radius 1 is 1.06 bits per heavy atom. The number of likely N-dealkylation sites (N-methyl/N-ethyl adjacent to an activating group) is 1. The molecular formula is C23H30N4O4. The predicted molar refractivity (Wildman–Crippen MR) is 120 cm³/mol. The Morgan fingerprint density at radius 3 is 2.35 bits per heavy atom. The predicted octanol–water partition coefficient (Wildman–Crippen LogP) is 2.60. The molecule has 2 aromatic carbocycles. The summed E-state index contributed by atoms with van der Waals surface area (Å²) in [4.78, 5) is 19.7. The van der Waals surface area contributed by atoms with Crippen molar-refractivity contribution in [2.75, 3.05) is 48.5 Å². The van der Waals surface area contributed by atoms with E-state index in [1.54, 1.807) is 12.1 Å². The topological polar surface area (TPSA) is 77.9 Å². The van der Waals surface area contributed by atoms with E-state index in [1.807, 2.05) is 18.2 Å². The van der Waals surface area contributed by atoms with Crippen LogP contribution in [0.3, 0.4) is 0 Å². The fourth-order valence-corrected chi connectivity index (χ4v) is 3.47. The van der Waals surface area contributed by atoms with Gasteiger partial charge in [-0.15, -0.1) is 0 Å². The number of hydrogen-bond donors (Lipinski definition) is 1. The van der Waals surface area contributed by atoms with Crippen molar-refractivity contribution in [3.8, 4) is 17.2 Å². The average Bonchev–Trinajstić information content (AvgIpc) is 3.13. The number of amides is 1. The first-order chi connectivity index (χ1) is 15.0. The van der Waals surface area contributed by atoms with E-state index in [1.165, 1.54) is 21.3 Å². The smallest absolute Gasteiger partial charge is 0.251 e. The molecule has 166 valence electrons. The quantitative estimate of drug-likeness (QED) is 0.537. The van der Waals surface area contributed by atoms with Crippen LogP contribution in [0.15, 0.2) is 36.4 Å². The lowest BCUT2D eigenvalue weighted by Crippen LogP contribution is -2.27. The molecule has 1 heterocycles. The molecule has 0 aliphatic rings. The van der Waals surface area contributed by atoms with E-state index in [0.717, 1.165) is 29.9 Å². The molecule has 1 N–H and O–H groups in total. The van der Waals surface area contributed by atoms with E-state index >= 15 is 0 Å². The lowest BCUT2D eigenvalue weighted by molar-refractivity contribution is 0.0953. The summed E-state index contributed by atoms with van der Waals surface area (Å²) in [6.07, 6.45) is 0.623. The molecule has 0 bridgehead atoms. The molecule has 3 rings (SSSR count). The van der Waals surface area contributed by atoms with Crippen LogP contribution in [0.2, 0.25) is 0 Å². The van der Waals surface area contributed by atoms with Crippen molar-refractivity contribution in [3.05, 3.63) is 47.8 Å². The van der Waals surface area contributed by atoms with E-state index in [0.29, 0.717) is 35.8 Å². The largest absolute Gasteiger partial charge is 0.493 e. The number of ether oxygens (including phenoxy) is 3. The van der Waals surface area contributed by atoms with Gasteiger partial charge in [0.15, 0.2) is 11.5 Å². The molecule has 1 aromatic heterocycles. The Balaban J connectivity index is 1.73. The Kier molecular flexibility index (Phi) is 7.36. The standard InChI is InChI=1S/C23H30N4O4/c1-26(2)12-13-27-18-9-7-6-8-17(18)25-21(27)10-11-24-23(28)16-14-19(29-3)22(31-5)20(15-16)30-4/h6-9,14-15H,10-13H2,1-5H3,(H,24,28). The molecule has 31 heavy (non-hydrogen) atoms. The number of carbonyl (C=O) groups is 1. The van der Waals surface area contributed by atoms with Crippen LogP contribution in [0.1, 0.15) is 16.2 Å². The fraction of sp³-hybridized carbons (Fsp3) is 0.391. The van der Waals surface area contributed by atoms with Gasteiger partial charge in [0.2, 0.25) is 5.75 Å². The molecule has 0 saturated carbocycles. The number of methoxy groups -OCH3 is 3. The van der Waals surface area contributed by atoms with Crippen LogP contribution < -0.4 is 19.5 Å². The summed E-state index contributed by atoms with van der Waals surface area (Å²) in [6, 6.07) is 11.4. The van der Waals surface area contributed by atoms with Crippen LogP contribution in [0.4, 0.5) is 0 Å².